The van der Waals surface area contributed by atoms with Crippen molar-refractivity contribution in [1.82, 2.24) is 3.82 Å². The summed E-state index contributed by atoms with van der Waals surface area (Å²) >= 11 is 1.68. The average Bonchev–Trinajstić information content (AvgIpc) is 2.14. The summed E-state index contributed by atoms with van der Waals surface area (Å²) in [6.07, 6.45) is 1.19. The second-order valence-electron chi connectivity index (χ2n) is 2.33. The molecule has 1 rings (SSSR count). The monoisotopic (exact) mass is 177 g/mol. The Balaban J connectivity index is 2.22. The molecule has 0 saturated carbocycles. The summed E-state index contributed by atoms with van der Waals surface area (Å²) in [5.74, 6) is 0.571. The molecule has 1 heterocycles. The predicted octanol–water partition coefficient (Wildman–Crippen LogP) is -1.15. The van der Waals surface area contributed by atoms with Crippen molar-refractivity contribution in [2.45, 2.75) is 6.42 Å². The zero-order valence-corrected chi connectivity index (χ0v) is 7.30. The molecule has 0 aliphatic carbocycles. The molecular weight excluding hydrogens is 165 g/mol. The molecule has 0 amide bonds. The summed E-state index contributed by atoms with van der Waals surface area (Å²) in [4.78, 5) is 0. The van der Waals surface area contributed by atoms with E-state index in [1.54, 1.807) is 17.1 Å². The molecule has 2 unspecified atom stereocenters. The first kappa shape index (κ1) is 6.60. The van der Waals surface area contributed by atoms with Crippen LogP contribution in [0.25, 0.3) is 0 Å². The van der Waals surface area contributed by atoms with Gasteiger partial charge in [0, 0.05) is 0 Å². The molecule has 3 heteroatoms. The van der Waals surface area contributed by atoms with E-state index < -0.39 is 0 Å². The maximum atomic E-state index is 8.66. The van der Waals surface area contributed by atoms with Crippen LogP contribution in [0, 0.1) is 5.92 Å². The topological polar surface area (TPSA) is 23.5 Å². The zero-order valence-electron chi connectivity index (χ0n) is 4.88. The van der Waals surface area contributed by atoms with Gasteiger partial charge in [0.2, 0.25) is 0 Å². The van der Waals surface area contributed by atoms with Gasteiger partial charge in [-0.05, 0) is 0 Å². The van der Waals surface area contributed by atoms with Gasteiger partial charge in [0.1, 0.15) is 0 Å². The van der Waals surface area contributed by atoms with Gasteiger partial charge in [-0.25, -0.2) is 0 Å². The molecule has 0 radical (unpaired) electrons. The van der Waals surface area contributed by atoms with E-state index in [2.05, 4.69) is 3.82 Å². The standard InChI is InChI=1S/C5H12AsNO/c6-7-2-1-5(3-7)4-8/h5,8H,1-4,6H2. The van der Waals surface area contributed by atoms with Gasteiger partial charge in [0.05, 0.1) is 0 Å². The molecule has 0 aromatic heterocycles. The number of hydrogen-bond acceptors (Lipinski definition) is 2. The molecule has 1 aliphatic rings. The van der Waals surface area contributed by atoms with E-state index >= 15 is 0 Å². The van der Waals surface area contributed by atoms with Crippen LogP contribution in [0.15, 0.2) is 0 Å². The summed E-state index contributed by atoms with van der Waals surface area (Å²) in [7, 11) is 0. The van der Waals surface area contributed by atoms with E-state index in [9.17, 15) is 0 Å². The first-order valence-corrected chi connectivity index (χ1v) is 4.02. The Labute approximate surface area is 58.6 Å². The molecular formula is C5H12AsNO. The van der Waals surface area contributed by atoms with Gasteiger partial charge >= 0.3 is 58.0 Å². The molecule has 48 valence electrons. The van der Waals surface area contributed by atoms with E-state index in [-0.39, 0.29) is 0 Å². The van der Waals surface area contributed by atoms with Crippen LogP contribution in [0.4, 0.5) is 0 Å². The van der Waals surface area contributed by atoms with Crippen molar-refractivity contribution in [2.24, 2.45) is 5.92 Å². The van der Waals surface area contributed by atoms with Crippen molar-refractivity contribution in [3.05, 3.63) is 0 Å². The van der Waals surface area contributed by atoms with Crippen LogP contribution in [0.5, 0.6) is 0 Å². The van der Waals surface area contributed by atoms with Gasteiger partial charge in [-0.15, -0.1) is 0 Å². The Morgan fingerprint density at radius 2 is 2.50 bits per heavy atom. The Morgan fingerprint density at radius 3 is 2.75 bits per heavy atom. The molecule has 0 aromatic carbocycles. The van der Waals surface area contributed by atoms with Crippen LogP contribution in [0.3, 0.4) is 0 Å². The van der Waals surface area contributed by atoms with E-state index in [4.69, 9.17) is 5.11 Å². The van der Waals surface area contributed by atoms with Crippen LogP contribution in [0.2, 0.25) is 0 Å². The molecule has 2 nitrogen and oxygen atoms in total. The van der Waals surface area contributed by atoms with Crippen LogP contribution in [0.1, 0.15) is 6.42 Å². The van der Waals surface area contributed by atoms with Crippen LogP contribution in [-0.4, -0.2) is 45.7 Å². The van der Waals surface area contributed by atoms with E-state index in [0.717, 1.165) is 6.54 Å². The molecule has 1 N–H and O–H groups in total. The van der Waals surface area contributed by atoms with Crippen molar-refractivity contribution in [3.8, 4) is 0 Å². The molecule has 1 saturated heterocycles. The number of aliphatic hydroxyl groups is 1. The minimum atomic E-state index is 0.375. The van der Waals surface area contributed by atoms with Crippen molar-refractivity contribution in [1.29, 1.82) is 0 Å². The van der Waals surface area contributed by atoms with E-state index in [1.807, 2.05) is 0 Å². The second kappa shape index (κ2) is 2.86. The Hall–Kier alpha value is 0.478. The van der Waals surface area contributed by atoms with Crippen molar-refractivity contribution < 1.29 is 5.11 Å². The van der Waals surface area contributed by atoms with Gasteiger partial charge in [-0.3, -0.25) is 0 Å². The fourth-order valence-electron chi connectivity index (χ4n) is 1.01. The fraction of sp³-hybridized carbons (Fsp3) is 1.00. The Kier molecular flexibility index (Phi) is 2.36. The number of hydrogen-bond donors (Lipinski definition) is 1. The molecule has 1 fully saturated rings. The molecule has 2 atom stereocenters. The molecule has 0 aromatic rings. The number of nitrogens with zero attached hydrogens (tertiary/aromatic N) is 1. The third-order valence-corrected chi connectivity index (χ3v) is 2.56. The predicted molar refractivity (Wildman–Crippen MR) is 35.3 cm³/mol. The van der Waals surface area contributed by atoms with E-state index in [1.165, 1.54) is 13.0 Å². The number of rotatable bonds is 1. The summed E-state index contributed by atoms with van der Waals surface area (Å²) in [5.41, 5.74) is 0. The van der Waals surface area contributed by atoms with Gasteiger partial charge in [-0.2, -0.15) is 0 Å². The van der Waals surface area contributed by atoms with Gasteiger partial charge in [-0.1, -0.05) is 0 Å². The Bertz CT molecular complexity index is 78.8. The molecule has 0 spiro atoms. The second-order valence-corrected chi connectivity index (χ2v) is 3.86. The summed E-state index contributed by atoms with van der Waals surface area (Å²) < 4.78 is 2.31. The first-order chi connectivity index (χ1) is 3.83. The van der Waals surface area contributed by atoms with Crippen molar-refractivity contribution in [2.75, 3.05) is 19.7 Å². The third kappa shape index (κ3) is 1.48. The fourth-order valence-corrected chi connectivity index (χ4v) is 1.95. The number of aliphatic hydroxyl groups excluding tert-OH is 1. The van der Waals surface area contributed by atoms with Gasteiger partial charge in [0.25, 0.3) is 0 Å². The SMILES string of the molecule is OCC1CCN([AsH2])C1. The zero-order chi connectivity index (χ0) is 5.98. The summed E-state index contributed by atoms with van der Waals surface area (Å²) in [6.45, 7) is 2.67. The van der Waals surface area contributed by atoms with Crippen molar-refractivity contribution >= 4 is 17.1 Å². The summed E-state index contributed by atoms with van der Waals surface area (Å²) in [5, 5.41) is 8.66. The van der Waals surface area contributed by atoms with Crippen LogP contribution >= 0.6 is 0 Å². The normalized spacial score (nSPS) is 31.5. The Morgan fingerprint density at radius 1 is 1.75 bits per heavy atom. The van der Waals surface area contributed by atoms with Crippen LogP contribution in [-0.2, 0) is 0 Å². The molecule has 8 heavy (non-hydrogen) atoms. The average molecular weight is 177 g/mol. The van der Waals surface area contributed by atoms with Gasteiger partial charge < -0.3 is 0 Å². The van der Waals surface area contributed by atoms with Crippen molar-refractivity contribution in [3.63, 3.8) is 0 Å². The van der Waals surface area contributed by atoms with Crippen LogP contribution < -0.4 is 0 Å². The molecule has 0 bridgehead atoms. The third-order valence-electron chi connectivity index (χ3n) is 1.58. The van der Waals surface area contributed by atoms with E-state index in [0.29, 0.717) is 12.5 Å². The minimum absolute atomic E-state index is 0.375. The molecule has 1 aliphatic heterocycles. The quantitative estimate of drug-likeness (QED) is 0.511. The van der Waals surface area contributed by atoms with Gasteiger partial charge in [0.15, 0.2) is 0 Å². The maximum absolute atomic E-state index is 8.66. The summed E-state index contributed by atoms with van der Waals surface area (Å²) in [6, 6.07) is 0. The first-order valence-electron chi connectivity index (χ1n) is 2.93.